The normalized spacial score (nSPS) is 11.2. The van der Waals surface area contributed by atoms with Crippen LogP contribution < -0.4 is 10.6 Å². The van der Waals surface area contributed by atoms with Gasteiger partial charge in [-0.3, -0.25) is 9.59 Å². The van der Waals surface area contributed by atoms with Gasteiger partial charge in [0, 0.05) is 7.05 Å². The molecule has 2 amide bonds. The number of nitrogens with zero attached hydrogens (tertiary/aromatic N) is 3. The summed E-state index contributed by atoms with van der Waals surface area (Å²) in [6.07, 6.45) is -4.69. The number of hydrogen-bond donors (Lipinski definition) is 2. The van der Waals surface area contributed by atoms with Crippen molar-refractivity contribution in [1.29, 1.82) is 0 Å². The number of nitrogens with one attached hydrogen (secondary N) is 2. The van der Waals surface area contributed by atoms with Crippen molar-refractivity contribution in [2.24, 2.45) is 7.05 Å². The van der Waals surface area contributed by atoms with Gasteiger partial charge in [0.05, 0.1) is 42.2 Å². The molecule has 16 heteroatoms. The molecule has 11 nitrogen and oxygen atoms in total. The summed E-state index contributed by atoms with van der Waals surface area (Å²) in [6, 6.07) is 4.42. The number of carbonyl (C=O) groups excluding carboxylic acids is 4. The number of amides is 2. The Hall–Kier alpha value is -3.92. The maximum atomic E-state index is 13.2. The van der Waals surface area contributed by atoms with Crippen molar-refractivity contribution in [3.63, 3.8) is 0 Å². The fourth-order valence-corrected chi connectivity index (χ4v) is 5.38. The fraction of sp³-hybridized carbons (Fsp3) is 0.360. The van der Waals surface area contributed by atoms with E-state index in [0.717, 1.165) is 35.2 Å². The van der Waals surface area contributed by atoms with Crippen LogP contribution in [0.4, 0.5) is 18.2 Å². The second kappa shape index (κ2) is 13.6. The van der Waals surface area contributed by atoms with Crippen molar-refractivity contribution >= 4 is 51.9 Å². The van der Waals surface area contributed by atoms with Gasteiger partial charge in [-0.2, -0.15) is 13.2 Å². The van der Waals surface area contributed by atoms with E-state index >= 15 is 0 Å². The number of esters is 2. The summed E-state index contributed by atoms with van der Waals surface area (Å²) in [5.74, 6) is -2.69. The van der Waals surface area contributed by atoms with Crippen LogP contribution in [0.25, 0.3) is 0 Å². The third-order valence-corrected chi connectivity index (χ3v) is 7.69. The van der Waals surface area contributed by atoms with E-state index in [1.54, 1.807) is 27.8 Å². The first-order chi connectivity index (χ1) is 19.4. The number of anilines is 1. The largest absolute Gasteiger partial charge is 0.462 e. The van der Waals surface area contributed by atoms with Crippen LogP contribution >= 0.6 is 23.1 Å². The van der Waals surface area contributed by atoms with Crippen LogP contribution in [-0.4, -0.2) is 57.5 Å². The number of benzene rings is 1. The highest BCUT2D eigenvalue weighted by atomic mass is 32.2. The second-order valence-corrected chi connectivity index (χ2v) is 10.2. The summed E-state index contributed by atoms with van der Waals surface area (Å²) >= 11 is 1.89. The number of carbonyl (C=O) groups is 4. The molecular formula is C25H26F3N5O6S2. The summed E-state index contributed by atoms with van der Waals surface area (Å²) in [5.41, 5.74) is -1.19. The van der Waals surface area contributed by atoms with Crippen molar-refractivity contribution in [3.8, 4) is 0 Å². The van der Waals surface area contributed by atoms with Crippen molar-refractivity contribution in [1.82, 2.24) is 20.1 Å². The van der Waals surface area contributed by atoms with Crippen LogP contribution in [0.15, 0.2) is 29.4 Å². The monoisotopic (exact) mass is 613 g/mol. The molecule has 2 heterocycles. The molecule has 3 rings (SSSR count). The fourth-order valence-electron chi connectivity index (χ4n) is 3.54. The average molecular weight is 614 g/mol. The number of aromatic nitrogens is 3. The molecule has 0 unspecified atom stereocenters. The molecule has 2 N–H and O–H groups in total. The third kappa shape index (κ3) is 7.64. The Morgan fingerprint density at radius 1 is 1.05 bits per heavy atom. The topological polar surface area (TPSA) is 142 Å². The minimum Gasteiger partial charge on any atom is -0.462 e. The van der Waals surface area contributed by atoms with Crippen LogP contribution in [-0.2, 0) is 34.0 Å². The molecule has 0 spiro atoms. The number of thiophene rings is 1. The molecule has 220 valence electrons. The number of rotatable bonds is 11. The number of thioether (sulfide) groups is 1. The van der Waals surface area contributed by atoms with E-state index in [2.05, 4.69) is 20.8 Å². The van der Waals surface area contributed by atoms with E-state index in [-0.39, 0.29) is 46.8 Å². The van der Waals surface area contributed by atoms with E-state index in [1.165, 1.54) is 16.7 Å². The van der Waals surface area contributed by atoms with Gasteiger partial charge in [0.1, 0.15) is 9.88 Å². The standard InChI is InChI=1S/C25H26F3N5O6S2/c1-5-38-22(36)18-13(3)19(23(37)39-6-2)41-21(18)30-17(34)12-40-24-32-31-16(33(24)4)11-29-20(35)14-9-7-8-10-15(14)25(26,27)28/h7-10H,5-6,11-12H2,1-4H3,(H,29,35)(H,30,34). The summed E-state index contributed by atoms with van der Waals surface area (Å²) in [6.45, 7) is 4.84. The van der Waals surface area contributed by atoms with Crippen molar-refractivity contribution in [2.45, 2.75) is 38.6 Å². The molecule has 0 aliphatic rings. The summed E-state index contributed by atoms with van der Waals surface area (Å²) in [5, 5.41) is 13.4. The van der Waals surface area contributed by atoms with E-state index in [4.69, 9.17) is 9.47 Å². The maximum absolute atomic E-state index is 13.2. The Bertz CT molecular complexity index is 1450. The van der Waals surface area contributed by atoms with E-state index in [0.29, 0.717) is 10.7 Å². The molecule has 0 fully saturated rings. The molecular weight excluding hydrogens is 587 g/mol. The lowest BCUT2D eigenvalue weighted by Crippen LogP contribution is -2.27. The van der Waals surface area contributed by atoms with Gasteiger partial charge in [-0.1, -0.05) is 23.9 Å². The average Bonchev–Trinajstić information content (AvgIpc) is 3.44. The lowest BCUT2D eigenvalue weighted by Gasteiger charge is -2.12. The van der Waals surface area contributed by atoms with Crippen LogP contribution in [0.3, 0.4) is 0 Å². The minimum atomic E-state index is -4.69. The Morgan fingerprint density at radius 2 is 1.71 bits per heavy atom. The minimum absolute atomic E-state index is 0.0574. The zero-order chi connectivity index (χ0) is 30.3. The Balaban J connectivity index is 1.66. The van der Waals surface area contributed by atoms with Gasteiger partial charge in [0.15, 0.2) is 11.0 Å². The molecule has 0 bridgehead atoms. The van der Waals surface area contributed by atoms with Crippen molar-refractivity contribution in [3.05, 3.63) is 57.2 Å². The van der Waals surface area contributed by atoms with Gasteiger partial charge < -0.3 is 24.7 Å². The summed E-state index contributed by atoms with van der Waals surface area (Å²) < 4.78 is 51.3. The quantitative estimate of drug-likeness (QED) is 0.240. The summed E-state index contributed by atoms with van der Waals surface area (Å²) in [4.78, 5) is 50.2. The molecule has 0 saturated heterocycles. The van der Waals surface area contributed by atoms with Crippen LogP contribution in [0.2, 0.25) is 0 Å². The molecule has 3 aromatic rings. The predicted molar refractivity (Wildman–Crippen MR) is 144 cm³/mol. The lowest BCUT2D eigenvalue weighted by molar-refractivity contribution is -0.138. The van der Waals surface area contributed by atoms with E-state index in [9.17, 15) is 32.3 Å². The molecule has 0 radical (unpaired) electrons. The van der Waals surface area contributed by atoms with Crippen LogP contribution in [0.5, 0.6) is 0 Å². The van der Waals surface area contributed by atoms with Crippen molar-refractivity contribution < 1.29 is 41.8 Å². The van der Waals surface area contributed by atoms with Crippen LogP contribution in [0.1, 0.15) is 61.2 Å². The predicted octanol–water partition coefficient (Wildman–Crippen LogP) is 4.22. The molecule has 1 aromatic carbocycles. The number of ether oxygens (including phenoxy) is 2. The highest BCUT2D eigenvalue weighted by molar-refractivity contribution is 7.99. The van der Waals surface area contributed by atoms with Gasteiger partial charge >= 0.3 is 18.1 Å². The van der Waals surface area contributed by atoms with Gasteiger partial charge in [-0.25, -0.2) is 9.59 Å². The molecule has 0 aliphatic heterocycles. The zero-order valence-electron chi connectivity index (χ0n) is 22.4. The number of alkyl halides is 3. The van der Waals surface area contributed by atoms with Crippen molar-refractivity contribution in [2.75, 3.05) is 24.3 Å². The first kappa shape index (κ1) is 31.6. The first-order valence-electron chi connectivity index (χ1n) is 12.1. The van der Waals surface area contributed by atoms with E-state index in [1.807, 2.05) is 0 Å². The maximum Gasteiger partial charge on any atom is 0.417 e. The molecule has 0 atom stereocenters. The number of halogens is 3. The Morgan fingerprint density at radius 3 is 2.37 bits per heavy atom. The van der Waals surface area contributed by atoms with Gasteiger partial charge in [0.2, 0.25) is 5.91 Å². The first-order valence-corrected chi connectivity index (χ1v) is 13.9. The third-order valence-electron chi connectivity index (χ3n) is 5.48. The molecule has 0 aliphatic carbocycles. The van der Waals surface area contributed by atoms with Crippen LogP contribution in [0, 0.1) is 6.92 Å². The lowest BCUT2D eigenvalue weighted by atomic mass is 10.1. The molecule has 2 aromatic heterocycles. The van der Waals surface area contributed by atoms with Gasteiger partial charge in [0.25, 0.3) is 5.91 Å². The second-order valence-electron chi connectivity index (χ2n) is 8.22. The zero-order valence-corrected chi connectivity index (χ0v) is 24.0. The molecule has 0 saturated carbocycles. The molecule has 41 heavy (non-hydrogen) atoms. The highest BCUT2D eigenvalue weighted by Gasteiger charge is 2.35. The van der Waals surface area contributed by atoms with E-state index < -0.39 is 41.1 Å². The SMILES string of the molecule is CCOC(=O)c1sc(NC(=O)CSc2nnc(CNC(=O)c3ccccc3C(F)(F)F)n2C)c(C(=O)OCC)c1C. The smallest absolute Gasteiger partial charge is 0.417 e. The van der Waals surface area contributed by atoms with Gasteiger partial charge in [-0.05, 0) is 38.5 Å². The highest BCUT2D eigenvalue weighted by Crippen LogP contribution is 2.35. The summed E-state index contributed by atoms with van der Waals surface area (Å²) in [7, 11) is 1.57. The number of hydrogen-bond acceptors (Lipinski definition) is 10. The Kier molecular flexibility index (Phi) is 10.5. The van der Waals surface area contributed by atoms with Gasteiger partial charge in [-0.15, -0.1) is 21.5 Å². The Labute approximate surface area is 240 Å².